The summed E-state index contributed by atoms with van der Waals surface area (Å²) in [6.07, 6.45) is 1.73. The first-order valence-corrected chi connectivity index (χ1v) is 5.60. The molecule has 5 heteroatoms. The summed E-state index contributed by atoms with van der Waals surface area (Å²) in [6.45, 7) is 0. The van der Waals surface area contributed by atoms with Gasteiger partial charge < -0.3 is 5.73 Å². The Morgan fingerprint density at radius 1 is 1.46 bits per heavy atom. The summed E-state index contributed by atoms with van der Waals surface area (Å²) in [7, 11) is 0. The lowest BCUT2D eigenvalue weighted by Crippen LogP contribution is -1.97. The standard InChI is InChI=1S/C8H6IN3S/c9-6-3-11-8(12-7(6)10)5-1-2-13-4-5/h1-4H,(H2,10,11,12). The zero-order chi connectivity index (χ0) is 9.26. The molecule has 3 nitrogen and oxygen atoms in total. The van der Waals surface area contributed by atoms with Crippen LogP contribution in [0, 0.1) is 3.57 Å². The van der Waals surface area contributed by atoms with Crippen molar-refractivity contribution in [1.82, 2.24) is 9.97 Å². The van der Waals surface area contributed by atoms with E-state index >= 15 is 0 Å². The van der Waals surface area contributed by atoms with Gasteiger partial charge in [-0.1, -0.05) is 0 Å². The highest BCUT2D eigenvalue weighted by atomic mass is 127. The second-order valence-electron chi connectivity index (χ2n) is 2.44. The molecule has 66 valence electrons. The van der Waals surface area contributed by atoms with E-state index in [1.54, 1.807) is 17.5 Å². The van der Waals surface area contributed by atoms with Gasteiger partial charge in [0, 0.05) is 17.1 Å². The van der Waals surface area contributed by atoms with E-state index in [0.29, 0.717) is 11.6 Å². The molecule has 0 saturated heterocycles. The molecule has 2 N–H and O–H groups in total. The fraction of sp³-hybridized carbons (Fsp3) is 0. The van der Waals surface area contributed by atoms with Crippen molar-refractivity contribution < 1.29 is 0 Å². The number of nitrogens with zero attached hydrogens (tertiary/aromatic N) is 2. The quantitative estimate of drug-likeness (QED) is 0.823. The molecule has 2 rings (SSSR count). The summed E-state index contributed by atoms with van der Waals surface area (Å²) in [5.41, 5.74) is 6.69. The molecule has 0 aliphatic rings. The van der Waals surface area contributed by atoms with Crippen LogP contribution in [0.4, 0.5) is 5.82 Å². The third-order valence-corrected chi connectivity index (χ3v) is 3.06. The molecule has 0 amide bonds. The van der Waals surface area contributed by atoms with Gasteiger partial charge in [-0.05, 0) is 34.0 Å². The van der Waals surface area contributed by atoms with Crippen LogP contribution in [-0.2, 0) is 0 Å². The van der Waals surface area contributed by atoms with Crippen molar-refractivity contribution in [2.75, 3.05) is 5.73 Å². The molecule has 0 saturated carbocycles. The largest absolute Gasteiger partial charge is 0.383 e. The lowest BCUT2D eigenvalue weighted by atomic mass is 10.3. The maximum Gasteiger partial charge on any atom is 0.162 e. The van der Waals surface area contributed by atoms with Crippen molar-refractivity contribution in [2.24, 2.45) is 0 Å². The summed E-state index contributed by atoms with van der Waals surface area (Å²) in [6, 6.07) is 1.98. The highest BCUT2D eigenvalue weighted by Crippen LogP contribution is 2.20. The Kier molecular flexibility index (Phi) is 2.45. The fourth-order valence-corrected chi connectivity index (χ4v) is 1.81. The predicted octanol–water partition coefficient (Wildman–Crippen LogP) is 2.39. The van der Waals surface area contributed by atoms with Crippen LogP contribution in [0.25, 0.3) is 11.4 Å². The molecule has 0 atom stereocenters. The van der Waals surface area contributed by atoms with E-state index in [-0.39, 0.29) is 0 Å². The van der Waals surface area contributed by atoms with Crippen molar-refractivity contribution in [3.05, 3.63) is 26.6 Å². The Morgan fingerprint density at radius 3 is 2.92 bits per heavy atom. The van der Waals surface area contributed by atoms with Crippen molar-refractivity contribution in [1.29, 1.82) is 0 Å². The Morgan fingerprint density at radius 2 is 2.31 bits per heavy atom. The molecule has 2 aromatic heterocycles. The van der Waals surface area contributed by atoms with Crippen LogP contribution >= 0.6 is 33.9 Å². The van der Waals surface area contributed by atoms with Gasteiger partial charge in [0.2, 0.25) is 0 Å². The Hall–Kier alpha value is -0.690. The van der Waals surface area contributed by atoms with Gasteiger partial charge in [-0.3, -0.25) is 0 Å². The first-order chi connectivity index (χ1) is 6.27. The minimum atomic E-state index is 0.539. The van der Waals surface area contributed by atoms with E-state index in [2.05, 4.69) is 32.6 Å². The third-order valence-electron chi connectivity index (χ3n) is 1.55. The topological polar surface area (TPSA) is 51.8 Å². The number of anilines is 1. The minimum absolute atomic E-state index is 0.539. The Bertz CT molecular complexity index is 413. The first kappa shape index (κ1) is 8.89. The SMILES string of the molecule is Nc1nc(-c2ccsc2)ncc1I. The van der Waals surface area contributed by atoms with Crippen LogP contribution in [0.5, 0.6) is 0 Å². The smallest absolute Gasteiger partial charge is 0.162 e. The highest BCUT2D eigenvalue weighted by molar-refractivity contribution is 14.1. The summed E-state index contributed by atoms with van der Waals surface area (Å²) >= 11 is 3.73. The van der Waals surface area contributed by atoms with Crippen LogP contribution in [0.2, 0.25) is 0 Å². The van der Waals surface area contributed by atoms with E-state index in [9.17, 15) is 0 Å². The second-order valence-corrected chi connectivity index (χ2v) is 4.38. The van der Waals surface area contributed by atoms with E-state index in [1.807, 2.05) is 16.8 Å². The van der Waals surface area contributed by atoms with Gasteiger partial charge in [0.15, 0.2) is 5.82 Å². The molecule has 0 aliphatic heterocycles. The normalized spacial score (nSPS) is 10.2. The molecule has 2 aromatic rings. The molecule has 0 spiro atoms. The van der Waals surface area contributed by atoms with Crippen molar-refractivity contribution in [3.63, 3.8) is 0 Å². The number of rotatable bonds is 1. The van der Waals surface area contributed by atoms with Crippen LogP contribution in [0.3, 0.4) is 0 Å². The average Bonchev–Trinajstić information content (AvgIpc) is 2.62. The maximum atomic E-state index is 5.67. The van der Waals surface area contributed by atoms with Gasteiger partial charge >= 0.3 is 0 Å². The lowest BCUT2D eigenvalue weighted by molar-refractivity contribution is 1.17. The second kappa shape index (κ2) is 3.59. The van der Waals surface area contributed by atoms with Crippen molar-refractivity contribution in [3.8, 4) is 11.4 Å². The fourth-order valence-electron chi connectivity index (χ4n) is 0.911. The Balaban J connectivity index is 2.49. The zero-order valence-electron chi connectivity index (χ0n) is 6.57. The molecular weight excluding hydrogens is 297 g/mol. The van der Waals surface area contributed by atoms with Crippen LogP contribution in [0.1, 0.15) is 0 Å². The van der Waals surface area contributed by atoms with Crippen LogP contribution in [0.15, 0.2) is 23.0 Å². The van der Waals surface area contributed by atoms with E-state index in [0.717, 1.165) is 9.13 Å². The van der Waals surface area contributed by atoms with Gasteiger partial charge in [0.05, 0.1) is 3.57 Å². The molecule has 0 aliphatic carbocycles. The van der Waals surface area contributed by atoms with Gasteiger partial charge in [-0.25, -0.2) is 9.97 Å². The molecule has 0 fully saturated rings. The number of hydrogen-bond donors (Lipinski definition) is 1. The monoisotopic (exact) mass is 303 g/mol. The summed E-state index contributed by atoms with van der Waals surface area (Å²) in [4.78, 5) is 8.37. The summed E-state index contributed by atoms with van der Waals surface area (Å²) in [5, 5.41) is 3.99. The molecule has 0 bridgehead atoms. The molecule has 0 radical (unpaired) electrons. The van der Waals surface area contributed by atoms with Crippen LogP contribution < -0.4 is 5.73 Å². The molecule has 0 aromatic carbocycles. The minimum Gasteiger partial charge on any atom is -0.383 e. The van der Waals surface area contributed by atoms with Crippen molar-refractivity contribution >= 4 is 39.7 Å². The van der Waals surface area contributed by atoms with E-state index < -0.39 is 0 Å². The van der Waals surface area contributed by atoms with E-state index in [4.69, 9.17) is 5.73 Å². The molecule has 0 unspecified atom stereocenters. The predicted molar refractivity (Wildman–Crippen MR) is 62.5 cm³/mol. The van der Waals surface area contributed by atoms with Crippen LogP contribution in [-0.4, -0.2) is 9.97 Å². The van der Waals surface area contributed by atoms with Gasteiger partial charge in [-0.2, -0.15) is 11.3 Å². The number of thiophene rings is 1. The molecule has 13 heavy (non-hydrogen) atoms. The third kappa shape index (κ3) is 1.80. The Labute approximate surface area is 93.2 Å². The summed E-state index contributed by atoms with van der Waals surface area (Å²) in [5.74, 6) is 1.23. The van der Waals surface area contributed by atoms with Gasteiger partial charge in [-0.15, -0.1) is 0 Å². The highest BCUT2D eigenvalue weighted by Gasteiger charge is 2.03. The molecular formula is C8H6IN3S. The first-order valence-electron chi connectivity index (χ1n) is 3.58. The number of nitrogens with two attached hydrogens (primary N) is 1. The number of hydrogen-bond acceptors (Lipinski definition) is 4. The number of nitrogen functional groups attached to an aromatic ring is 1. The van der Waals surface area contributed by atoms with Gasteiger partial charge in [0.1, 0.15) is 5.82 Å². The average molecular weight is 303 g/mol. The number of aromatic nitrogens is 2. The zero-order valence-corrected chi connectivity index (χ0v) is 9.54. The van der Waals surface area contributed by atoms with E-state index in [1.165, 1.54) is 0 Å². The number of halogens is 1. The van der Waals surface area contributed by atoms with Gasteiger partial charge in [0.25, 0.3) is 0 Å². The maximum absolute atomic E-state index is 5.67. The molecule has 2 heterocycles. The lowest BCUT2D eigenvalue weighted by Gasteiger charge is -1.99. The summed E-state index contributed by atoms with van der Waals surface area (Å²) < 4.78 is 0.886. The van der Waals surface area contributed by atoms with Crippen molar-refractivity contribution in [2.45, 2.75) is 0 Å².